The van der Waals surface area contributed by atoms with Crippen molar-refractivity contribution in [1.29, 1.82) is 0 Å². The lowest BCUT2D eigenvalue weighted by molar-refractivity contribution is 0.0818. The highest BCUT2D eigenvalue weighted by atomic mass is 16.3. The highest BCUT2D eigenvalue weighted by molar-refractivity contribution is 5.97. The first-order valence-electron chi connectivity index (χ1n) is 6.78. The summed E-state index contributed by atoms with van der Waals surface area (Å²) in [5.74, 6) is -0.199. The predicted molar refractivity (Wildman–Crippen MR) is 77.4 cm³/mol. The molecule has 20 heavy (non-hydrogen) atoms. The summed E-state index contributed by atoms with van der Waals surface area (Å²) < 4.78 is 0. The topological polar surface area (TPSA) is 75.1 Å². The van der Waals surface area contributed by atoms with Gasteiger partial charge < -0.3 is 10.4 Å². The third kappa shape index (κ3) is 2.77. The fourth-order valence-corrected chi connectivity index (χ4v) is 2.11. The van der Waals surface area contributed by atoms with Crippen molar-refractivity contribution in [2.45, 2.75) is 32.2 Å². The minimum atomic E-state index is -0.561. The molecule has 0 fully saturated rings. The number of aromatic nitrogens is 2. The third-order valence-corrected chi connectivity index (χ3v) is 3.77. The van der Waals surface area contributed by atoms with Crippen molar-refractivity contribution in [2.24, 2.45) is 0 Å². The van der Waals surface area contributed by atoms with Gasteiger partial charge in [-0.25, -0.2) is 0 Å². The molecule has 5 heteroatoms. The van der Waals surface area contributed by atoms with E-state index in [1.54, 1.807) is 30.6 Å². The molecule has 106 valence electrons. The van der Waals surface area contributed by atoms with E-state index in [-0.39, 0.29) is 12.5 Å². The van der Waals surface area contributed by atoms with E-state index in [1.165, 1.54) is 0 Å². The normalized spacial score (nSPS) is 11.6. The number of carbonyl (C=O) groups is 1. The number of aliphatic hydroxyl groups excluding tert-OH is 1. The molecule has 0 unspecified atom stereocenters. The molecule has 0 spiro atoms. The van der Waals surface area contributed by atoms with Crippen molar-refractivity contribution in [3.05, 3.63) is 36.2 Å². The Labute approximate surface area is 118 Å². The molecule has 0 saturated carbocycles. The second-order valence-electron chi connectivity index (χ2n) is 4.86. The molecule has 0 bridgehead atoms. The summed E-state index contributed by atoms with van der Waals surface area (Å²) in [6.45, 7) is 3.83. The molecule has 1 aromatic heterocycles. The Morgan fingerprint density at radius 3 is 2.45 bits per heavy atom. The second-order valence-corrected chi connectivity index (χ2v) is 4.86. The Balaban J connectivity index is 2.27. The van der Waals surface area contributed by atoms with Crippen LogP contribution in [0.15, 0.2) is 30.6 Å². The number of nitrogens with one attached hydrogen (secondary N) is 1. The van der Waals surface area contributed by atoms with Crippen LogP contribution in [-0.4, -0.2) is 33.1 Å². The zero-order valence-electron chi connectivity index (χ0n) is 11.8. The first-order valence-corrected chi connectivity index (χ1v) is 6.78. The van der Waals surface area contributed by atoms with Crippen LogP contribution in [-0.2, 0) is 0 Å². The molecule has 1 amide bonds. The number of benzene rings is 1. The Kier molecular flexibility index (Phi) is 4.29. The Bertz CT molecular complexity index is 601. The SMILES string of the molecule is CCC(CC)(CO)NC(=O)c1ccc2nccnc2c1. The van der Waals surface area contributed by atoms with Gasteiger partial charge in [-0.3, -0.25) is 14.8 Å². The molecular formula is C15H19N3O2. The first-order chi connectivity index (χ1) is 9.64. The van der Waals surface area contributed by atoms with E-state index in [2.05, 4.69) is 15.3 Å². The van der Waals surface area contributed by atoms with Crippen LogP contribution in [0.25, 0.3) is 11.0 Å². The van der Waals surface area contributed by atoms with Gasteiger partial charge in [0, 0.05) is 18.0 Å². The van der Waals surface area contributed by atoms with Crippen molar-refractivity contribution in [2.75, 3.05) is 6.61 Å². The Hall–Kier alpha value is -2.01. The van der Waals surface area contributed by atoms with Crippen LogP contribution in [0.5, 0.6) is 0 Å². The van der Waals surface area contributed by atoms with Gasteiger partial charge in [0.2, 0.25) is 0 Å². The van der Waals surface area contributed by atoms with Crippen LogP contribution in [0.3, 0.4) is 0 Å². The average molecular weight is 273 g/mol. The number of amides is 1. The van der Waals surface area contributed by atoms with Gasteiger partial charge in [-0.1, -0.05) is 13.8 Å². The summed E-state index contributed by atoms with van der Waals surface area (Å²) in [6.07, 6.45) is 4.57. The maximum absolute atomic E-state index is 12.3. The molecule has 0 atom stereocenters. The maximum atomic E-state index is 12.3. The molecule has 5 nitrogen and oxygen atoms in total. The van der Waals surface area contributed by atoms with Crippen molar-refractivity contribution in [3.63, 3.8) is 0 Å². The summed E-state index contributed by atoms with van der Waals surface area (Å²) in [6, 6.07) is 5.21. The number of nitrogens with zero attached hydrogens (tertiary/aromatic N) is 2. The van der Waals surface area contributed by atoms with Gasteiger partial charge in [0.05, 0.1) is 23.2 Å². The van der Waals surface area contributed by atoms with E-state index in [0.717, 1.165) is 5.52 Å². The second kappa shape index (κ2) is 5.96. The van der Waals surface area contributed by atoms with Gasteiger partial charge in [0.15, 0.2) is 0 Å². The molecule has 0 aliphatic heterocycles. The van der Waals surface area contributed by atoms with E-state index in [1.807, 2.05) is 13.8 Å². The van der Waals surface area contributed by atoms with Crippen LogP contribution < -0.4 is 5.32 Å². The summed E-state index contributed by atoms with van der Waals surface area (Å²) in [4.78, 5) is 20.7. The summed E-state index contributed by atoms with van der Waals surface area (Å²) in [5.41, 5.74) is 1.40. The van der Waals surface area contributed by atoms with E-state index < -0.39 is 5.54 Å². The van der Waals surface area contributed by atoms with Gasteiger partial charge in [0.25, 0.3) is 5.91 Å². The number of carbonyl (C=O) groups excluding carboxylic acids is 1. The molecule has 0 aliphatic carbocycles. The number of hydrogen-bond donors (Lipinski definition) is 2. The van der Waals surface area contributed by atoms with Crippen molar-refractivity contribution in [3.8, 4) is 0 Å². The fraction of sp³-hybridized carbons (Fsp3) is 0.400. The van der Waals surface area contributed by atoms with Crippen molar-refractivity contribution in [1.82, 2.24) is 15.3 Å². The highest BCUT2D eigenvalue weighted by Gasteiger charge is 2.27. The van der Waals surface area contributed by atoms with E-state index in [0.29, 0.717) is 23.9 Å². The zero-order valence-corrected chi connectivity index (χ0v) is 11.8. The molecule has 1 heterocycles. The van der Waals surface area contributed by atoms with Crippen molar-refractivity contribution < 1.29 is 9.90 Å². The number of hydrogen-bond acceptors (Lipinski definition) is 4. The number of rotatable bonds is 5. The van der Waals surface area contributed by atoms with Gasteiger partial charge in [0.1, 0.15) is 0 Å². The minimum Gasteiger partial charge on any atom is -0.394 e. The van der Waals surface area contributed by atoms with Gasteiger partial charge in [-0.15, -0.1) is 0 Å². The van der Waals surface area contributed by atoms with Crippen molar-refractivity contribution >= 4 is 16.9 Å². The Morgan fingerprint density at radius 1 is 1.20 bits per heavy atom. The quantitative estimate of drug-likeness (QED) is 0.872. The van der Waals surface area contributed by atoms with Gasteiger partial charge in [-0.05, 0) is 31.0 Å². The summed E-state index contributed by atoms with van der Waals surface area (Å²) in [7, 11) is 0. The molecule has 2 rings (SSSR count). The molecule has 2 aromatic rings. The predicted octanol–water partition coefficient (Wildman–Crippen LogP) is 1.91. The summed E-state index contributed by atoms with van der Waals surface area (Å²) in [5, 5.41) is 12.4. The average Bonchev–Trinajstić information content (AvgIpc) is 2.52. The first kappa shape index (κ1) is 14.4. The zero-order chi connectivity index (χ0) is 14.6. The minimum absolute atomic E-state index is 0.0703. The van der Waals surface area contributed by atoms with Crippen LogP contribution in [0.2, 0.25) is 0 Å². The number of fused-ring (bicyclic) bond motifs is 1. The maximum Gasteiger partial charge on any atom is 0.251 e. The van der Waals surface area contributed by atoms with Gasteiger partial charge >= 0.3 is 0 Å². The van der Waals surface area contributed by atoms with E-state index >= 15 is 0 Å². The van der Waals surface area contributed by atoms with Crippen LogP contribution in [0.4, 0.5) is 0 Å². The number of aliphatic hydroxyl groups is 1. The molecule has 0 saturated heterocycles. The largest absolute Gasteiger partial charge is 0.394 e. The monoisotopic (exact) mass is 273 g/mol. The smallest absolute Gasteiger partial charge is 0.251 e. The summed E-state index contributed by atoms with van der Waals surface area (Å²) >= 11 is 0. The van der Waals surface area contributed by atoms with E-state index in [9.17, 15) is 9.90 Å². The Morgan fingerprint density at radius 2 is 1.85 bits per heavy atom. The lowest BCUT2D eigenvalue weighted by atomic mass is 9.93. The van der Waals surface area contributed by atoms with E-state index in [4.69, 9.17) is 0 Å². The van der Waals surface area contributed by atoms with Crippen LogP contribution >= 0.6 is 0 Å². The fourth-order valence-electron chi connectivity index (χ4n) is 2.11. The van der Waals surface area contributed by atoms with Crippen LogP contribution in [0, 0.1) is 0 Å². The van der Waals surface area contributed by atoms with Crippen LogP contribution in [0.1, 0.15) is 37.0 Å². The molecule has 2 N–H and O–H groups in total. The molecule has 0 aliphatic rings. The standard InChI is InChI=1S/C15H19N3O2/c1-3-15(4-2,10-19)18-14(20)11-5-6-12-13(9-11)17-8-7-16-12/h5-9,19H,3-4,10H2,1-2H3,(H,18,20). The lowest BCUT2D eigenvalue weighted by Gasteiger charge is -2.30. The molecule has 0 radical (unpaired) electrons. The molecule has 1 aromatic carbocycles. The van der Waals surface area contributed by atoms with Gasteiger partial charge in [-0.2, -0.15) is 0 Å². The molecular weight excluding hydrogens is 254 g/mol. The highest BCUT2D eigenvalue weighted by Crippen LogP contribution is 2.16. The lowest BCUT2D eigenvalue weighted by Crippen LogP contribution is -2.50. The third-order valence-electron chi connectivity index (χ3n) is 3.77.